The fourth-order valence-corrected chi connectivity index (χ4v) is 1.18. The molecule has 6 nitrogen and oxygen atoms in total. The van der Waals surface area contributed by atoms with Crippen LogP contribution in [0.1, 0.15) is 20.8 Å². The van der Waals surface area contributed by atoms with Crippen LogP contribution < -0.4 is 16.6 Å². The predicted molar refractivity (Wildman–Crippen MR) is 59.2 cm³/mol. The van der Waals surface area contributed by atoms with Crippen LogP contribution in [0.25, 0.3) is 0 Å². The minimum absolute atomic E-state index is 0.104. The standard InChI is InChI=1S/C10H15N3O3/c1-10(2,3)12-8(15)6-13-5-4-7(14)11-9(13)16/h4-5H,6H2,1-3H3,(H,12,15)(H,11,14,16). The SMILES string of the molecule is CC(C)(C)NC(=O)Cn1ccc(=O)[nH]c1=O. The van der Waals surface area contributed by atoms with E-state index in [2.05, 4.69) is 10.3 Å². The molecule has 0 atom stereocenters. The number of H-pyrrole nitrogens is 1. The topological polar surface area (TPSA) is 84.0 Å². The maximum Gasteiger partial charge on any atom is 0.328 e. The number of hydrogen-bond donors (Lipinski definition) is 2. The largest absolute Gasteiger partial charge is 0.350 e. The Morgan fingerprint density at radius 2 is 2.06 bits per heavy atom. The van der Waals surface area contributed by atoms with Gasteiger partial charge in [-0.15, -0.1) is 0 Å². The molecule has 0 unspecified atom stereocenters. The van der Waals surface area contributed by atoms with E-state index in [0.717, 1.165) is 4.57 Å². The van der Waals surface area contributed by atoms with Gasteiger partial charge in [0.1, 0.15) is 6.54 Å². The Labute approximate surface area is 92.3 Å². The van der Waals surface area contributed by atoms with Gasteiger partial charge < -0.3 is 5.32 Å². The van der Waals surface area contributed by atoms with E-state index in [1.54, 1.807) is 0 Å². The number of aromatic amines is 1. The highest BCUT2D eigenvalue weighted by atomic mass is 16.2. The summed E-state index contributed by atoms with van der Waals surface area (Å²) in [6, 6.07) is 1.20. The molecule has 1 aromatic heterocycles. The zero-order valence-electron chi connectivity index (χ0n) is 9.53. The Morgan fingerprint density at radius 1 is 1.44 bits per heavy atom. The second-order valence-corrected chi connectivity index (χ2v) is 4.54. The van der Waals surface area contributed by atoms with Gasteiger partial charge in [-0.3, -0.25) is 19.1 Å². The summed E-state index contributed by atoms with van der Waals surface area (Å²) in [6.07, 6.45) is 1.30. The first-order valence-corrected chi connectivity index (χ1v) is 4.89. The fourth-order valence-electron chi connectivity index (χ4n) is 1.18. The summed E-state index contributed by atoms with van der Waals surface area (Å²) >= 11 is 0. The van der Waals surface area contributed by atoms with E-state index in [4.69, 9.17) is 0 Å². The van der Waals surface area contributed by atoms with Crippen molar-refractivity contribution in [3.63, 3.8) is 0 Å². The van der Waals surface area contributed by atoms with Gasteiger partial charge in [-0.2, -0.15) is 0 Å². The molecule has 2 N–H and O–H groups in total. The summed E-state index contributed by atoms with van der Waals surface area (Å²) < 4.78 is 1.14. The van der Waals surface area contributed by atoms with Gasteiger partial charge in [0.05, 0.1) is 0 Å². The number of carbonyl (C=O) groups excluding carboxylic acids is 1. The predicted octanol–water partition coefficient (Wildman–Crippen LogP) is -0.549. The number of amides is 1. The lowest BCUT2D eigenvalue weighted by molar-refractivity contribution is -0.123. The molecule has 0 spiro atoms. The van der Waals surface area contributed by atoms with Crippen molar-refractivity contribution in [2.24, 2.45) is 0 Å². The van der Waals surface area contributed by atoms with Gasteiger partial charge in [0.25, 0.3) is 5.56 Å². The van der Waals surface area contributed by atoms with E-state index < -0.39 is 11.2 Å². The molecule has 0 aliphatic carbocycles. The minimum Gasteiger partial charge on any atom is -0.350 e. The maximum absolute atomic E-state index is 11.5. The molecule has 0 radical (unpaired) electrons. The Morgan fingerprint density at radius 3 is 2.56 bits per heavy atom. The first kappa shape index (κ1) is 12.2. The van der Waals surface area contributed by atoms with Gasteiger partial charge in [0.2, 0.25) is 5.91 Å². The van der Waals surface area contributed by atoms with Crippen LogP contribution in [0.5, 0.6) is 0 Å². The highest BCUT2D eigenvalue weighted by Crippen LogP contribution is 1.97. The molecular weight excluding hydrogens is 210 g/mol. The normalized spacial score (nSPS) is 11.2. The van der Waals surface area contributed by atoms with Crippen molar-refractivity contribution in [2.45, 2.75) is 32.9 Å². The van der Waals surface area contributed by atoms with E-state index >= 15 is 0 Å². The first-order chi connectivity index (χ1) is 7.28. The molecule has 1 heterocycles. The average molecular weight is 225 g/mol. The molecule has 1 aromatic rings. The second kappa shape index (κ2) is 4.34. The third-order valence-electron chi connectivity index (χ3n) is 1.73. The van der Waals surface area contributed by atoms with Crippen LogP contribution in [0, 0.1) is 0 Å². The van der Waals surface area contributed by atoms with Crippen LogP contribution in [0.2, 0.25) is 0 Å². The van der Waals surface area contributed by atoms with Crippen LogP contribution in [0.3, 0.4) is 0 Å². The van der Waals surface area contributed by atoms with Crippen LogP contribution in [0.4, 0.5) is 0 Å². The summed E-state index contributed by atoms with van der Waals surface area (Å²) in [5, 5.41) is 2.72. The maximum atomic E-state index is 11.5. The number of carbonyl (C=O) groups is 1. The summed E-state index contributed by atoms with van der Waals surface area (Å²) in [6.45, 7) is 5.44. The van der Waals surface area contributed by atoms with Crippen LogP contribution in [0.15, 0.2) is 21.9 Å². The van der Waals surface area contributed by atoms with Gasteiger partial charge in [-0.1, -0.05) is 0 Å². The van der Waals surface area contributed by atoms with Crippen molar-refractivity contribution in [3.8, 4) is 0 Å². The summed E-state index contributed by atoms with van der Waals surface area (Å²) in [5.74, 6) is -0.276. The van der Waals surface area contributed by atoms with E-state index in [0.29, 0.717) is 0 Å². The molecular formula is C10H15N3O3. The van der Waals surface area contributed by atoms with E-state index in [9.17, 15) is 14.4 Å². The number of nitrogens with one attached hydrogen (secondary N) is 2. The molecule has 1 rings (SSSR count). The molecule has 88 valence electrons. The molecule has 0 aliphatic rings. The zero-order chi connectivity index (χ0) is 12.3. The lowest BCUT2D eigenvalue weighted by Gasteiger charge is -2.20. The van der Waals surface area contributed by atoms with Crippen LogP contribution in [-0.2, 0) is 11.3 Å². The summed E-state index contributed by atoms with van der Waals surface area (Å²) in [7, 11) is 0. The second-order valence-electron chi connectivity index (χ2n) is 4.54. The molecule has 0 fully saturated rings. The van der Waals surface area contributed by atoms with E-state index in [-0.39, 0.29) is 18.0 Å². The Kier molecular flexibility index (Phi) is 3.31. The van der Waals surface area contributed by atoms with Crippen molar-refractivity contribution in [2.75, 3.05) is 0 Å². The summed E-state index contributed by atoms with van der Waals surface area (Å²) in [4.78, 5) is 35.6. The van der Waals surface area contributed by atoms with Gasteiger partial charge in [-0.05, 0) is 20.8 Å². The molecule has 0 aliphatic heterocycles. The number of rotatable bonds is 2. The van der Waals surface area contributed by atoms with Crippen molar-refractivity contribution in [1.82, 2.24) is 14.9 Å². The number of nitrogens with zero attached hydrogens (tertiary/aromatic N) is 1. The van der Waals surface area contributed by atoms with Crippen LogP contribution >= 0.6 is 0 Å². The smallest absolute Gasteiger partial charge is 0.328 e. The van der Waals surface area contributed by atoms with Gasteiger partial charge in [0.15, 0.2) is 0 Å². The highest BCUT2D eigenvalue weighted by molar-refractivity contribution is 5.76. The highest BCUT2D eigenvalue weighted by Gasteiger charge is 2.14. The molecule has 0 bridgehead atoms. The lowest BCUT2D eigenvalue weighted by Crippen LogP contribution is -2.44. The monoisotopic (exact) mass is 225 g/mol. The Hall–Kier alpha value is -1.85. The third-order valence-corrected chi connectivity index (χ3v) is 1.73. The molecule has 0 aromatic carbocycles. The van der Waals surface area contributed by atoms with Crippen LogP contribution in [-0.4, -0.2) is 21.0 Å². The van der Waals surface area contributed by atoms with Gasteiger partial charge in [0, 0.05) is 17.8 Å². The fraction of sp³-hybridized carbons (Fsp3) is 0.500. The number of aromatic nitrogens is 2. The lowest BCUT2D eigenvalue weighted by atomic mass is 10.1. The van der Waals surface area contributed by atoms with Crippen molar-refractivity contribution in [3.05, 3.63) is 33.1 Å². The summed E-state index contributed by atoms with van der Waals surface area (Å²) in [5.41, 5.74) is -1.41. The van der Waals surface area contributed by atoms with Gasteiger partial charge >= 0.3 is 5.69 Å². The first-order valence-electron chi connectivity index (χ1n) is 4.89. The molecule has 0 saturated heterocycles. The van der Waals surface area contributed by atoms with Gasteiger partial charge in [-0.25, -0.2) is 4.79 Å². The Balaban J connectivity index is 2.78. The Bertz CT molecular complexity index is 493. The molecule has 16 heavy (non-hydrogen) atoms. The van der Waals surface area contributed by atoms with Crippen molar-refractivity contribution < 1.29 is 4.79 Å². The minimum atomic E-state index is -0.587. The van der Waals surface area contributed by atoms with E-state index in [1.807, 2.05) is 20.8 Å². The molecule has 1 amide bonds. The zero-order valence-corrected chi connectivity index (χ0v) is 9.53. The average Bonchev–Trinajstić information content (AvgIpc) is 2.06. The number of hydrogen-bond acceptors (Lipinski definition) is 3. The molecule has 6 heteroatoms. The molecule has 0 saturated carbocycles. The third kappa shape index (κ3) is 3.72. The van der Waals surface area contributed by atoms with Crippen molar-refractivity contribution in [1.29, 1.82) is 0 Å². The quantitative estimate of drug-likeness (QED) is 0.708. The van der Waals surface area contributed by atoms with Crippen molar-refractivity contribution >= 4 is 5.91 Å². The van der Waals surface area contributed by atoms with E-state index in [1.165, 1.54) is 12.3 Å².